The molecule has 17 heavy (non-hydrogen) atoms. The molecule has 0 atom stereocenters. The summed E-state index contributed by atoms with van der Waals surface area (Å²) < 4.78 is 0. The number of hydrogen-bond acceptors (Lipinski definition) is 2. The fraction of sp³-hybridized carbons (Fsp3) is 0.929. The second-order valence-electron chi connectivity index (χ2n) is 5.91. The van der Waals surface area contributed by atoms with Crippen LogP contribution in [-0.2, 0) is 4.79 Å². The summed E-state index contributed by atoms with van der Waals surface area (Å²) in [5.41, 5.74) is 0. The lowest BCUT2D eigenvalue weighted by Gasteiger charge is -2.35. The second-order valence-corrected chi connectivity index (χ2v) is 5.91. The van der Waals surface area contributed by atoms with Gasteiger partial charge in [0, 0.05) is 25.6 Å². The normalized spacial score (nSPS) is 31.5. The van der Waals surface area contributed by atoms with Gasteiger partial charge in [-0.05, 0) is 50.4 Å². The van der Waals surface area contributed by atoms with E-state index in [1.165, 1.54) is 12.8 Å². The van der Waals surface area contributed by atoms with Crippen LogP contribution in [0.25, 0.3) is 0 Å². The smallest absolute Gasteiger partial charge is 0.225 e. The Morgan fingerprint density at radius 1 is 1.12 bits per heavy atom. The number of carbonyl (C=O) groups is 1. The average Bonchev–Trinajstić information content (AvgIpc) is 2.39. The summed E-state index contributed by atoms with van der Waals surface area (Å²) in [5, 5.41) is 9.09. The van der Waals surface area contributed by atoms with Gasteiger partial charge in [0.1, 0.15) is 0 Å². The predicted octanol–water partition coefficient (Wildman–Crippen LogP) is 2.04. The van der Waals surface area contributed by atoms with Crippen LogP contribution >= 0.6 is 0 Å². The minimum Gasteiger partial charge on any atom is -0.396 e. The predicted molar refractivity (Wildman–Crippen MR) is 67.5 cm³/mol. The Labute approximate surface area is 104 Å². The highest BCUT2D eigenvalue weighted by molar-refractivity contribution is 5.79. The molecule has 0 spiro atoms. The van der Waals surface area contributed by atoms with Crippen LogP contribution in [0.1, 0.15) is 45.4 Å². The van der Waals surface area contributed by atoms with Gasteiger partial charge in [0.2, 0.25) is 5.91 Å². The SMILES string of the molecule is CC1CCC(C(=O)N2CCC(CO)CC2)CC1. The lowest BCUT2D eigenvalue weighted by molar-refractivity contribution is -0.138. The quantitative estimate of drug-likeness (QED) is 0.801. The number of rotatable bonds is 2. The number of amides is 1. The van der Waals surface area contributed by atoms with E-state index in [2.05, 4.69) is 6.92 Å². The maximum Gasteiger partial charge on any atom is 0.225 e. The minimum atomic E-state index is 0.281. The van der Waals surface area contributed by atoms with Crippen LogP contribution in [0.4, 0.5) is 0 Å². The lowest BCUT2D eigenvalue weighted by atomic mass is 9.82. The van der Waals surface area contributed by atoms with Crippen molar-refractivity contribution in [3.8, 4) is 0 Å². The highest BCUT2D eigenvalue weighted by Crippen LogP contribution is 2.30. The zero-order valence-electron chi connectivity index (χ0n) is 10.9. The van der Waals surface area contributed by atoms with Crippen LogP contribution < -0.4 is 0 Å². The molecule has 1 aliphatic carbocycles. The Morgan fingerprint density at radius 2 is 1.71 bits per heavy atom. The van der Waals surface area contributed by atoms with E-state index in [1.807, 2.05) is 4.90 Å². The molecular formula is C14H25NO2. The molecule has 2 rings (SSSR count). The van der Waals surface area contributed by atoms with Crippen LogP contribution in [0.3, 0.4) is 0 Å². The zero-order valence-corrected chi connectivity index (χ0v) is 10.9. The monoisotopic (exact) mass is 239 g/mol. The van der Waals surface area contributed by atoms with Crippen LogP contribution in [0.15, 0.2) is 0 Å². The van der Waals surface area contributed by atoms with E-state index in [9.17, 15) is 4.79 Å². The van der Waals surface area contributed by atoms with Crippen molar-refractivity contribution < 1.29 is 9.90 Å². The summed E-state index contributed by atoms with van der Waals surface area (Å²) in [4.78, 5) is 14.4. The molecule has 2 aliphatic rings. The molecule has 98 valence electrons. The molecule has 1 aliphatic heterocycles. The Kier molecular flexibility index (Phi) is 4.43. The van der Waals surface area contributed by atoms with Gasteiger partial charge in [-0.3, -0.25) is 4.79 Å². The first kappa shape index (κ1) is 12.9. The molecule has 0 aromatic heterocycles. The van der Waals surface area contributed by atoms with E-state index in [1.54, 1.807) is 0 Å². The van der Waals surface area contributed by atoms with E-state index in [4.69, 9.17) is 5.11 Å². The van der Waals surface area contributed by atoms with Crippen LogP contribution in [0.5, 0.6) is 0 Å². The second kappa shape index (κ2) is 5.85. The number of piperidine rings is 1. The Hall–Kier alpha value is -0.570. The zero-order chi connectivity index (χ0) is 12.3. The number of aliphatic hydroxyl groups excluding tert-OH is 1. The summed E-state index contributed by atoms with van der Waals surface area (Å²) in [7, 11) is 0. The fourth-order valence-corrected chi connectivity index (χ4v) is 3.10. The van der Waals surface area contributed by atoms with Crippen molar-refractivity contribution in [2.45, 2.75) is 45.4 Å². The highest BCUT2D eigenvalue weighted by atomic mass is 16.3. The topological polar surface area (TPSA) is 40.5 Å². The van der Waals surface area contributed by atoms with Crippen molar-refractivity contribution >= 4 is 5.91 Å². The van der Waals surface area contributed by atoms with E-state index < -0.39 is 0 Å². The van der Waals surface area contributed by atoms with E-state index in [0.717, 1.165) is 44.7 Å². The third-order valence-electron chi connectivity index (χ3n) is 4.55. The first-order valence-corrected chi connectivity index (χ1v) is 7.10. The molecular weight excluding hydrogens is 214 g/mol. The first-order valence-electron chi connectivity index (χ1n) is 7.10. The summed E-state index contributed by atoms with van der Waals surface area (Å²) >= 11 is 0. The van der Waals surface area contributed by atoms with E-state index >= 15 is 0 Å². The fourth-order valence-electron chi connectivity index (χ4n) is 3.10. The molecule has 3 heteroatoms. The van der Waals surface area contributed by atoms with Crippen molar-refractivity contribution in [2.75, 3.05) is 19.7 Å². The van der Waals surface area contributed by atoms with Gasteiger partial charge >= 0.3 is 0 Å². The number of likely N-dealkylation sites (tertiary alicyclic amines) is 1. The van der Waals surface area contributed by atoms with Crippen LogP contribution in [-0.4, -0.2) is 35.6 Å². The number of carbonyl (C=O) groups excluding carboxylic acids is 1. The van der Waals surface area contributed by atoms with Gasteiger partial charge in [-0.2, -0.15) is 0 Å². The number of hydrogen-bond donors (Lipinski definition) is 1. The van der Waals surface area contributed by atoms with E-state index in [-0.39, 0.29) is 12.5 Å². The molecule has 0 unspecified atom stereocenters. The lowest BCUT2D eigenvalue weighted by Crippen LogP contribution is -2.43. The molecule has 1 amide bonds. The average molecular weight is 239 g/mol. The van der Waals surface area contributed by atoms with Crippen molar-refractivity contribution in [1.29, 1.82) is 0 Å². The van der Waals surface area contributed by atoms with Crippen LogP contribution in [0, 0.1) is 17.8 Å². The van der Waals surface area contributed by atoms with Gasteiger partial charge in [0.05, 0.1) is 0 Å². The summed E-state index contributed by atoms with van der Waals surface area (Å²) in [6, 6.07) is 0. The number of nitrogens with zero attached hydrogens (tertiary/aromatic N) is 1. The summed E-state index contributed by atoms with van der Waals surface area (Å²) in [6.45, 7) is 4.28. The first-order chi connectivity index (χ1) is 8.20. The molecule has 0 radical (unpaired) electrons. The molecule has 0 aromatic rings. The molecule has 3 nitrogen and oxygen atoms in total. The van der Waals surface area contributed by atoms with Gasteiger partial charge in [0.15, 0.2) is 0 Å². The maximum absolute atomic E-state index is 12.3. The molecule has 1 saturated carbocycles. The third-order valence-corrected chi connectivity index (χ3v) is 4.55. The minimum absolute atomic E-state index is 0.281. The van der Waals surface area contributed by atoms with Crippen molar-refractivity contribution in [3.05, 3.63) is 0 Å². The van der Waals surface area contributed by atoms with Crippen LogP contribution in [0.2, 0.25) is 0 Å². The van der Waals surface area contributed by atoms with Gasteiger partial charge < -0.3 is 10.0 Å². The number of aliphatic hydroxyl groups is 1. The van der Waals surface area contributed by atoms with Gasteiger partial charge in [-0.15, -0.1) is 0 Å². The Balaban J connectivity index is 1.80. The summed E-state index contributed by atoms with van der Waals surface area (Å²) in [5.74, 6) is 1.90. The molecule has 0 bridgehead atoms. The molecule has 1 heterocycles. The highest BCUT2D eigenvalue weighted by Gasteiger charge is 2.30. The van der Waals surface area contributed by atoms with Gasteiger partial charge in [0.25, 0.3) is 0 Å². The van der Waals surface area contributed by atoms with Gasteiger partial charge in [-0.25, -0.2) is 0 Å². The molecule has 1 saturated heterocycles. The standard InChI is InChI=1S/C14H25NO2/c1-11-2-4-13(5-3-11)14(17)15-8-6-12(10-16)7-9-15/h11-13,16H,2-10H2,1H3. The van der Waals surface area contributed by atoms with Crippen molar-refractivity contribution in [1.82, 2.24) is 4.90 Å². The Morgan fingerprint density at radius 3 is 2.24 bits per heavy atom. The molecule has 0 aromatic carbocycles. The van der Waals surface area contributed by atoms with Gasteiger partial charge in [-0.1, -0.05) is 6.92 Å². The Bertz CT molecular complexity index is 251. The van der Waals surface area contributed by atoms with Crippen molar-refractivity contribution in [3.63, 3.8) is 0 Å². The van der Waals surface area contributed by atoms with Crippen molar-refractivity contribution in [2.24, 2.45) is 17.8 Å². The van der Waals surface area contributed by atoms with E-state index in [0.29, 0.717) is 11.8 Å². The summed E-state index contributed by atoms with van der Waals surface area (Å²) in [6.07, 6.45) is 6.55. The maximum atomic E-state index is 12.3. The molecule has 2 fully saturated rings. The third kappa shape index (κ3) is 3.21. The largest absolute Gasteiger partial charge is 0.396 e. The molecule has 1 N–H and O–H groups in total.